The van der Waals surface area contributed by atoms with Crippen molar-refractivity contribution in [3.8, 4) is 0 Å². The van der Waals surface area contributed by atoms with Gasteiger partial charge in [0, 0.05) is 74.3 Å². The normalized spacial score (nSPS) is 15.2. The number of benzene rings is 1. The summed E-state index contributed by atoms with van der Waals surface area (Å²) in [7, 11) is -3.72. The highest BCUT2D eigenvalue weighted by molar-refractivity contribution is 7.90. The van der Waals surface area contributed by atoms with Gasteiger partial charge in [-0.2, -0.15) is 0 Å². The third-order valence-electron chi connectivity index (χ3n) is 5.18. The zero-order valence-electron chi connectivity index (χ0n) is 17.0. The van der Waals surface area contributed by atoms with E-state index in [9.17, 15) is 28.1 Å². The van der Waals surface area contributed by atoms with E-state index in [1.807, 2.05) is 0 Å². The van der Waals surface area contributed by atoms with Crippen LogP contribution in [0.2, 0.25) is 0 Å². The van der Waals surface area contributed by atoms with Gasteiger partial charge in [-0.1, -0.05) is 0 Å². The Kier molecular flexibility index (Phi) is 5.79. The predicted molar refractivity (Wildman–Crippen MR) is 117 cm³/mol. The molecule has 0 atom stereocenters. The number of nitro benzene ring substituents is 1. The van der Waals surface area contributed by atoms with E-state index in [0.29, 0.717) is 43.4 Å². The summed E-state index contributed by atoms with van der Waals surface area (Å²) in [5.41, 5.74) is 0.0169. The van der Waals surface area contributed by atoms with Gasteiger partial charge in [-0.25, -0.2) is 13.4 Å². The second-order valence-electron chi connectivity index (χ2n) is 7.45. The van der Waals surface area contributed by atoms with Crippen LogP contribution in [0.5, 0.6) is 0 Å². The highest BCUT2D eigenvalue weighted by atomic mass is 32.2. The van der Waals surface area contributed by atoms with Crippen LogP contribution in [-0.4, -0.2) is 70.9 Å². The lowest BCUT2D eigenvalue weighted by Crippen LogP contribution is -2.48. The molecule has 0 bridgehead atoms. The summed E-state index contributed by atoms with van der Waals surface area (Å²) < 4.78 is 25.2. The van der Waals surface area contributed by atoms with Crippen LogP contribution in [0, 0.1) is 10.1 Å². The topological polar surface area (TPSA) is 135 Å². The summed E-state index contributed by atoms with van der Waals surface area (Å²) in [4.78, 5) is 44.0. The van der Waals surface area contributed by atoms with Crippen LogP contribution in [-0.2, 0) is 16.4 Å². The van der Waals surface area contributed by atoms with Crippen molar-refractivity contribution in [3.63, 3.8) is 0 Å². The zero-order chi connectivity index (χ0) is 23.0. The Hall–Kier alpha value is -3.16. The van der Waals surface area contributed by atoms with E-state index in [-0.39, 0.29) is 16.0 Å². The molecular formula is C19H19N5O6S2. The highest BCUT2D eigenvalue weighted by Crippen LogP contribution is 2.22. The molecule has 4 rings (SSSR count). The second-order valence-corrected chi connectivity index (χ2v) is 10.3. The Labute approximate surface area is 186 Å². The maximum absolute atomic E-state index is 12.9. The Bertz CT molecular complexity index is 1370. The standard InChI is InChI=1S/C19H19N5O6S2/c1-32(29,30)16-9-13(8-15(11-16)24(27)28)18(26)22-4-2-21(3-5-22)12-14-10-17(25)23-6-7-31-19(23)20-14/h6-11H,2-5,12H2,1H3. The molecule has 32 heavy (non-hydrogen) atoms. The number of amides is 1. The molecule has 2 aromatic heterocycles. The maximum Gasteiger partial charge on any atom is 0.271 e. The van der Waals surface area contributed by atoms with Gasteiger partial charge in [0.05, 0.1) is 15.5 Å². The van der Waals surface area contributed by atoms with E-state index in [1.54, 1.807) is 11.6 Å². The number of hydrogen-bond donors (Lipinski definition) is 0. The van der Waals surface area contributed by atoms with Crippen molar-refractivity contribution in [3.05, 3.63) is 67.6 Å². The molecule has 3 aromatic rings. The number of piperazine rings is 1. The minimum Gasteiger partial charge on any atom is -0.336 e. The first kappa shape index (κ1) is 22.0. The monoisotopic (exact) mass is 477 g/mol. The Morgan fingerprint density at radius 3 is 2.56 bits per heavy atom. The molecular weight excluding hydrogens is 458 g/mol. The van der Waals surface area contributed by atoms with Crippen LogP contribution in [0.25, 0.3) is 4.96 Å². The van der Waals surface area contributed by atoms with Crippen molar-refractivity contribution in [2.24, 2.45) is 0 Å². The van der Waals surface area contributed by atoms with Crippen LogP contribution in [0.3, 0.4) is 0 Å². The molecule has 0 radical (unpaired) electrons. The summed E-state index contributed by atoms with van der Waals surface area (Å²) in [6, 6.07) is 4.71. The molecule has 1 amide bonds. The number of carbonyl (C=O) groups is 1. The molecule has 0 N–H and O–H groups in total. The third-order valence-corrected chi connectivity index (χ3v) is 7.03. The van der Waals surface area contributed by atoms with Gasteiger partial charge in [0.25, 0.3) is 17.2 Å². The number of nitro groups is 1. The number of nitrogens with zero attached hydrogens (tertiary/aromatic N) is 5. The van der Waals surface area contributed by atoms with Crippen LogP contribution in [0.15, 0.2) is 45.5 Å². The number of non-ortho nitro benzene ring substituents is 1. The van der Waals surface area contributed by atoms with E-state index in [2.05, 4.69) is 9.88 Å². The fourth-order valence-corrected chi connectivity index (χ4v) is 4.93. The van der Waals surface area contributed by atoms with Gasteiger partial charge in [-0.05, 0) is 6.07 Å². The molecule has 3 heterocycles. The van der Waals surface area contributed by atoms with E-state index in [1.165, 1.54) is 32.8 Å². The van der Waals surface area contributed by atoms with Crippen molar-refractivity contribution >= 4 is 37.7 Å². The number of fused-ring (bicyclic) bond motifs is 1. The fourth-order valence-electron chi connectivity index (χ4n) is 3.52. The van der Waals surface area contributed by atoms with Crippen LogP contribution in [0.4, 0.5) is 5.69 Å². The molecule has 13 heteroatoms. The lowest BCUT2D eigenvalue weighted by molar-refractivity contribution is -0.385. The number of hydrogen-bond acceptors (Lipinski definition) is 9. The zero-order valence-corrected chi connectivity index (χ0v) is 18.6. The summed E-state index contributed by atoms with van der Waals surface area (Å²) in [5, 5.41) is 13.0. The van der Waals surface area contributed by atoms with E-state index in [0.717, 1.165) is 18.4 Å². The largest absolute Gasteiger partial charge is 0.336 e. The molecule has 1 aliphatic rings. The van der Waals surface area contributed by atoms with Crippen molar-refractivity contribution in [1.82, 2.24) is 19.2 Å². The average molecular weight is 478 g/mol. The van der Waals surface area contributed by atoms with Gasteiger partial charge in [-0.15, -0.1) is 11.3 Å². The number of aromatic nitrogens is 2. The van der Waals surface area contributed by atoms with E-state index in [4.69, 9.17) is 0 Å². The molecule has 1 saturated heterocycles. The molecule has 1 aliphatic heterocycles. The molecule has 1 fully saturated rings. The van der Waals surface area contributed by atoms with Crippen LogP contribution < -0.4 is 5.56 Å². The Morgan fingerprint density at radius 1 is 1.19 bits per heavy atom. The number of carbonyl (C=O) groups excluding carboxylic acids is 1. The van der Waals surface area contributed by atoms with E-state index < -0.39 is 26.4 Å². The third kappa shape index (κ3) is 4.54. The average Bonchev–Trinajstić information content (AvgIpc) is 3.22. The molecule has 0 aliphatic carbocycles. The first-order valence-electron chi connectivity index (χ1n) is 9.59. The van der Waals surface area contributed by atoms with Gasteiger partial charge in [0.1, 0.15) is 0 Å². The maximum atomic E-state index is 12.9. The van der Waals surface area contributed by atoms with Crippen LogP contribution >= 0.6 is 11.3 Å². The Balaban J connectivity index is 1.47. The summed E-state index contributed by atoms with van der Waals surface area (Å²) in [6.45, 7) is 2.21. The lowest BCUT2D eigenvalue weighted by atomic mass is 10.1. The number of thiazole rings is 1. The van der Waals surface area contributed by atoms with Gasteiger partial charge in [0.15, 0.2) is 14.8 Å². The first-order chi connectivity index (χ1) is 15.1. The molecule has 0 saturated carbocycles. The molecule has 0 unspecified atom stereocenters. The minimum absolute atomic E-state index is 0.0362. The molecule has 168 valence electrons. The SMILES string of the molecule is CS(=O)(=O)c1cc(C(=O)N2CCN(Cc3cc(=O)n4ccsc4n3)CC2)cc([N+](=O)[O-])c1. The van der Waals surface area contributed by atoms with Crippen molar-refractivity contribution in [2.75, 3.05) is 32.4 Å². The number of sulfone groups is 1. The predicted octanol–water partition coefficient (Wildman–Crippen LogP) is 1.03. The van der Waals surface area contributed by atoms with E-state index >= 15 is 0 Å². The van der Waals surface area contributed by atoms with Gasteiger partial charge in [-0.3, -0.25) is 29.0 Å². The van der Waals surface area contributed by atoms with Crippen molar-refractivity contribution in [2.45, 2.75) is 11.4 Å². The second kappa shape index (κ2) is 8.41. The summed E-state index contributed by atoms with van der Waals surface area (Å²) in [6.07, 6.45) is 2.61. The van der Waals surface area contributed by atoms with Gasteiger partial charge < -0.3 is 4.90 Å². The fraction of sp³-hybridized carbons (Fsp3) is 0.316. The molecule has 11 nitrogen and oxygen atoms in total. The summed E-state index contributed by atoms with van der Waals surface area (Å²) in [5.74, 6) is -0.463. The van der Waals surface area contributed by atoms with Gasteiger partial charge >= 0.3 is 0 Å². The smallest absolute Gasteiger partial charge is 0.271 e. The quantitative estimate of drug-likeness (QED) is 0.393. The first-order valence-corrected chi connectivity index (χ1v) is 12.4. The van der Waals surface area contributed by atoms with Gasteiger partial charge in [0.2, 0.25) is 0 Å². The minimum atomic E-state index is -3.72. The van der Waals surface area contributed by atoms with Crippen molar-refractivity contribution in [1.29, 1.82) is 0 Å². The lowest BCUT2D eigenvalue weighted by Gasteiger charge is -2.34. The summed E-state index contributed by atoms with van der Waals surface area (Å²) >= 11 is 1.38. The van der Waals surface area contributed by atoms with Crippen molar-refractivity contribution < 1.29 is 18.1 Å². The molecule has 0 spiro atoms. The number of rotatable bonds is 5. The Morgan fingerprint density at radius 2 is 1.91 bits per heavy atom. The van der Waals surface area contributed by atoms with Crippen LogP contribution in [0.1, 0.15) is 16.1 Å². The highest BCUT2D eigenvalue weighted by Gasteiger charge is 2.26. The molecule has 1 aromatic carbocycles.